The molecule has 19 heavy (non-hydrogen) atoms. The van der Waals surface area contributed by atoms with Crippen molar-refractivity contribution in [2.45, 2.75) is 18.9 Å². The second-order valence-electron chi connectivity index (χ2n) is 4.62. The first-order valence-electron chi connectivity index (χ1n) is 6.48. The molecular weight excluding hydrogens is 262 g/mol. The van der Waals surface area contributed by atoms with Crippen molar-refractivity contribution in [1.29, 1.82) is 0 Å². The fourth-order valence-corrected chi connectivity index (χ4v) is 2.48. The van der Waals surface area contributed by atoms with E-state index in [-0.39, 0.29) is 12.0 Å². The van der Waals surface area contributed by atoms with Gasteiger partial charge in [-0.25, -0.2) is 0 Å². The molecule has 0 spiro atoms. The SMILES string of the molecule is C=CCOC1CCCN(C(=O)c2ccccc2Cl)C1. The number of amides is 1. The van der Waals surface area contributed by atoms with Crippen molar-refractivity contribution in [3.05, 3.63) is 47.5 Å². The molecule has 1 saturated heterocycles. The molecule has 1 aromatic carbocycles. The van der Waals surface area contributed by atoms with Crippen LogP contribution in [-0.4, -0.2) is 36.6 Å². The number of halogens is 1. The van der Waals surface area contributed by atoms with E-state index in [0.29, 0.717) is 23.7 Å². The highest BCUT2D eigenvalue weighted by Gasteiger charge is 2.25. The smallest absolute Gasteiger partial charge is 0.255 e. The van der Waals surface area contributed by atoms with E-state index >= 15 is 0 Å². The van der Waals surface area contributed by atoms with Gasteiger partial charge in [0.05, 0.1) is 23.3 Å². The van der Waals surface area contributed by atoms with Crippen molar-refractivity contribution in [1.82, 2.24) is 4.90 Å². The average Bonchev–Trinajstić information content (AvgIpc) is 2.45. The van der Waals surface area contributed by atoms with Crippen LogP contribution in [0.15, 0.2) is 36.9 Å². The number of carbonyl (C=O) groups excluding carboxylic acids is 1. The summed E-state index contributed by atoms with van der Waals surface area (Å²) in [5, 5.41) is 0.502. The van der Waals surface area contributed by atoms with Crippen LogP contribution < -0.4 is 0 Å². The highest BCUT2D eigenvalue weighted by molar-refractivity contribution is 6.33. The molecule has 2 rings (SSSR count). The first-order chi connectivity index (χ1) is 9.22. The van der Waals surface area contributed by atoms with E-state index in [4.69, 9.17) is 16.3 Å². The molecule has 1 unspecified atom stereocenters. The highest BCUT2D eigenvalue weighted by atomic mass is 35.5. The summed E-state index contributed by atoms with van der Waals surface area (Å²) in [6.45, 7) is 5.55. The summed E-state index contributed by atoms with van der Waals surface area (Å²) in [5.74, 6) is -0.0162. The summed E-state index contributed by atoms with van der Waals surface area (Å²) in [7, 11) is 0. The van der Waals surface area contributed by atoms with Gasteiger partial charge in [-0.2, -0.15) is 0 Å². The van der Waals surface area contributed by atoms with Crippen LogP contribution in [0.1, 0.15) is 23.2 Å². The molecule has 1 heterocycles. The quantitative estimate of drug-likeness (QED) is 0.793. The Morgan fingerprint density at radius 1 is 1.53 bits per heavy atom. The number of nitrogens with zero attached hydrogens (tertiary/aromatic N) is 1. The van der Waals surface area contributed by atoms with Crippen molar-refractivity contribution in [2.75, 3.05) is 19.7 Å². The van der Waals surface area contributed by atoms with Crippen LogP contribution in [0.25, 0.3) is 0 Å². The number of hydrogen-bond donors (Lipinski definition) is 0. The summed E-state index contributed by atoms with van der Waals surface area (Å²) in [4.78, 5) is 14.2. The van der Waals surface area contributed by atoms with Crippen LogP contribution in [0, 0.1) is 0 Å². The monoisotopic (exact) mass is 279 g/mol. The predicted octanol–water partition coefficient (Wildman–Crippen LogP) is 3.15. The van der Waals surface area contributed by atoms with Crippen molar-refractivity contribution < 1.29 is 9.53 Å². The largest absolute Gasteiger partial charge is 0.372 e. The van der Waals surface area contributed by atoms with Crippen molar-refractivity contribution in [3.63, 3.8) is 0 Å². The maximum absolute atomic E-state index is 12.4. The third kappa shape index (κ3) is 3.58. The maximum Gasteiger partial charge on any atom is 0.255 e. The summed E-state index contributed by atoms with van der Waals surface area (Å²) in [6.07, 6.45) is 3.77. The second kappa shape index (κ2) is 6.73. The number of likely N-dealkylation sites (tertiary alicyclic amines) is 1. The number of benzene rings is 1. The van der Waals surface area contributed by atoms with Crippen LogP contribution in [0.5, 0.6) is 0 Å². The van der Waals surface area contributed by atoms with Gasteiger partial charge in [0.15, 0.2) is 0 Å². The molecule has 0 N–H and O–H groups in total. The Balaban J connectivity index is 2.03. The minimum absolute atomic E-state index is 0.0162. The summed E-state index contributed by atoms with van der Waals surface area (Å²) in [6, 6.07) is 7.16. The number of hydrogen-bond acceptors (Lipinski definition) is 2. The molecule has 3 nitrogen and oxygen atoms in total. The van der Waals surface area contributed by atoms with Gasteiger partial charge >= 0.3 is 0 Å². The Bertz CT molecular complexity index is 461. The topological polar surface area (TPSA) is 29.5 Å². The Labute approximate surface area is 118 Å². The lowest BCUT2D eigenvalue weighted by molar-refractivity contribution is 0.0134. The third-order valence-electron chi connectivity index (χ3n) is 3.22. The number of carbonyl (C=O) groups is 1. The molecule has 1 atom stereocenters. The van der Waals surface area contributed by atoms with Gasteiger partial charge < -0.3 is 9.64 Å². The molecule has 1 aliphatic heterocycles. The zero-order chi connectivity index (χ0) is 13.7. The zero-order valence-corrected chi connectivity index (χ0v) is 11.6. The number of ether oxygens (including phenoxy) is 1. The molecule has 1 fully saturated rings. The molecule has 102 valence electrons. The summed E-state index contributed by atoms with van der Waals surface area (Å²) >= 11 is 6.07. The molecular formula is C15H18ClNO2. The van der Waals surface area contributed by atoms with Gasteiger partial charge in [-0.1, -0.05) is 29.8 Å². The van der Waals surface area contributed by atoms with Crippen LogP contribution in [0.2, 0.25) is 5.02 Å². The van der Waals surface area contributed by atoms with Crippen molar-refractivity contribution in [3.8, 4) is 0 Å². The highest BCUT2D eigenvalue weighted by Crippen LogP contribution is 2.20. The molecule has 0 bridgehead atoms. The number of piperidine rings is 1. The van der Waals surface area contributed by atoms with Crippen LogP contribution in [0.4, 0.5) is 0 Å². The molecule has 0 aromatic heterocycles. The van der Waals surface area contributed by atoms with E-state index in [0.717, 1.165) is 19.4 Å². The van der Waals surface area contributed by atoms with E-state index in [1.165, 1.54) is 0 Å². The average molecular weight is 280 g/mol. The predicted molar refractivity (Wildman–Crippen MR) is 76.5 cm³/mol. The fourth-order valence-electron chi connectivity index (χ4n) is 2.27. The second-order valence-corrected chi connectivity index (χ2v) is 5.02. The first-order valence-corrected chi connectivity index (χ1v) is 6.86. The zero-order valence-electron chi connectivity index (χ0n) is 10.8. The van der Waals surface area contributed by atoms with Crippen LogP contribution in [-0.2, 0) is 4.74 Å². The lowest BCUT2D eigenvalue weighted by Crippen LogP contribution is -2.43. The van der Waals surface area contributed by atoms with E-state index in [2.05, 4.69) is 6.58 Å². The van der Waals surface area contributed by atoms with Gasteiger partial charge in [-0.3, -0.25) is 4.79 Å². The normalized spacial score (nSPS) is 19.2. The third-order valence-corrected chi connectivity index (χ3v) is 3.55. The van der Waals surface area contributed by atoms with Crippen molar-refractivity contribution in [2.24, 2.45) is 0 Å². The number of rotatable bonds is 4. The van der Waals surface area contributed by atoms with Gasteiger partial charge in [-0.15, -0.1) is 6.58 Å². The molecule has 4 heteroatoms. The lowest BCUT2D eigenvalue weighted by Gasteiger charge is -2.32. The molecule has 0 saturated carbocycles. The Morgan fingerprint density at radius 2 is 2.32 bits per heavy atom. The van der Waals surface area contributed by atoms with Crippen LogP contribution in [0.3, 0.4) is 0 Å². The minimum atomic E-state index is -0.0162. The van der Waals surface area contributed by atoms with Crippen molar-refractivity contribution >= 4 is 17.5 Å². The van der Waals surface area contributed by atoms with Gasteiger partial charge in [0, 0.05) is 13.1 Å². The summed E-state index contributed by atoms with van der Waals surface area (Å²) in [5.41, 5.74) is 0.563. The van der Waals surface area contributed by atoms with E-state index in [1.54, 1.807) is 18.2 Å². The molecule has 0 aliphatic carbocycles. The fraction of sp³-hybridized carbons (Fsp3) is 0.400. The standard InChI is InChI=1S/C15H18ClNO2/c1-2-10-19-12-6-5-9-17(11-12)15(18)13-7-3-4-8-14(13)16/h2-4,7-8,12H,1,5-6,9-11H2. The summed E-state index contributed by atoms with van der Waals surface area (Å²) < 4.78 is 5.63. The van der Waals surface area contributed by atoms with Crippen LogP contribution >= 0.6 is 11.6 Å². The molecule has 1 aromatic rings. The van der Waals surface area contributed by atoms with Gasteiger partial charge in [0.1, 0.15) is 0 Å². The first kappa shape index (κ1) is 14.1. The lowest BCUT2D eigenvalue weighted by atomic mass is 10.1. The van der Waals surface area contributed by atoms with Gasteiger partial charge in [0.2, 0.25) is 0 Å². The molecule has 1 amide bonds. The van der Waals surface area contributed by atoms with E-state index in [9.17, 15) is 4.79 Å². The van der Waals surface area contributed by atoms with E-state index in [1.807, 2.05) is 17.0 Å². The molecule has 0 radical (unpaired) electrons. The Morgan fingerprint density at radius 3 is 3.05 bits per heavy atom. The Hall–Kier alpha value is -1.32. The van der Waals surface area contributed by atoms with Gasteiger partial charge in [0.25, 0.3) is 5.91 Å². The molecule has 1 aliphatic rings. The Kier molecular flexibility index (Phi) is 5.00. The van der Waals surface area contributed by atoms with Gasteiger partial charge in [-0.05, 0) is 25.0 Å². The maximum atomic E-state index is 12.4. The minimum Gasteiger partial charge on any atom is -0.372 e. The van der Waals surface area contributed by atoms with E-state index < -0.39 is 0 Å².